The first kappa shape index (κ1) is 13.2. The van der Waals surface area contributed by atoms with Crippen LogP contribution in [0, 0.1) is 0 Å². The molecule has 1 atom stereocenters. The molecule has 0 fully saturated rings. The van der Waals surface area contributed by atoms with Crippen molar-refractivity contribution in [2.24, 2.45) is 0 Å². The average Bonchev–Trinajstić information content (AvgIpc) is 2.70. The van der Waals surface area contributed by atoms with Crippen molar-refractivity contribution in [3.8, 4) is 0 Å². The van der Waals surface area contributed by atoms with Crippen molar-refractivity contribution in [3.63, 3.8) is 0 Å². The molecule has 0 amide bonds. The Morgan fingerprint density at radius 3 is 2.75 bits per heavy atom. The van der Waals surface area contributed by atoms with E-state index in [1.54, 1.807) is 7.11 Å². The Hall–Kier alpha value is -0.870. The summed E-state index contributed by atoms with van der Waals surface area (Å²) in [5.41, 5.74) is 2.46. The first-order chi connectivity index (χ1) is 7.74. The molecule has 92 valence electrons. The summed E-state index contributed by atoms with van der Waals surface area (Å²) in [5.74, 6) is 0. The van der Waals surface area contributed by atoms with Crippen molar-refractivity contribution in [2.45, 2.75) is 39.3 Å². The first-order valence-corrected chi connectivity index (χ1v) is 5.96. The van der Waals surface area contributed by atoms with Crippen LogP contribution in [0.3, 0.4) is 0 Å². The summed E-state index contributed by atoms with van der Waals surface area (Å²) in [6.07, 6.45) is 1.96. The lowest BCUT2D eigenvalue weighted by atomic mass is 10.1. The van der Waals surface area contributed by atoms with E-state index in [4.69, 9.17) is 4.74 Å². The maximum atomic E-state index is 5.18. The quantitative estimate of drug-likeness (QED) is 0.759. The third kappa shape index (κ3) is 3.32. The Morgan fingerprint density at radius 1 is 1.50 bits per heavy atom. The normalized spacial score (nSPS) is 13.0. The molecule has 1 heterocycles. The Morgan fingerprint density at radius 2 is 2.25 bits per heavy atom. The topological polar surface area (TPSA) is 39.1 Å². The van der Waals surface area contributed by atoms with Gasteiger partial charge in [0.1, 0.15) is 0 Å². The van der Waals surface area contributed by atoms with Gasteiger partial charge in [-0.05, 0) is 26.5 Å². The second-order valence-electron chi connectivity index (χ2n) is 3.94. The van der Waals surface area contributed by atoms with Crippen LogP contribution in [0.1, 0.15) is 25.2 Å². The van der Waals surface area contributed by atoms with Crippen molar-refractivity contribution in [1.29, 1.82) is 0 Å². The number of hydrogen-bond donors (Lipinski definition) is 1. The summed E-state index contributed by atoms with van der Waals surface area (Å²) in [6, 6.07) is 2.56. The van der Waals surface area contributed by atoms with Crippen LogP contribution in [0.2, 0.25) is 0 Å². The van der Waals surface area contributed by atoms with Gasteiger partial charge in [0.15, 0.2) is 0 Å². The number of aryl methyl sites for hydroxylation is 2. The fourth-order valence-electron chi connectivity index (χ4n) is 1.82. The molecule has 0 saturated carbocycles. The van der Waals surface area contributed by atoms with Crippen LogP contribution in [0.5, 0.6) is 0 Å². The molecule has 0 aliphatic carbocycles. The van der Waals surface area contributed by atoms with Gasteiger partial charge in [-0.3, -0.25) is 4.68 Å². The summed E-state index contributed by atoms with van der Waals surface area (Å²) in [7, 11) is 3.70. The molecule has 16 heavy (non-hydrogen) atoms. The maximum Gasteiger partial charge on any atom is 0.0624 e. The molecule has 0 radical (unpaired) electrons. The SMILES string of the molecule is CCc1cc(CC(COC)NC)n(CC)n1. The van der Waals surface area contributed by atoms with Gasteiger partial charge in [0.25, 0.3) is 0 Å². The van der Waals surface area contributed by atoms with Crippen molar-refractivity contribution < 1.29 is 4.74 Å². The van der Waals surface area contributed by atoms with Gasteiger partial charge in [-0.2, -0.15) is 5.10 Å². The number of rotatable bonds is 7. The van der Waals surface area contributed by atoms with Crippen molar-refractivity contribution in [3.05, 3.63) is 17.5 Å². The molecule has 1 N–H and O–H groups in total. The van der Waals surface area contributed by atoms with Gasteiger partial charge in [-0.1, -0.05) is 6.92 Å². The van der Waals surface area contributed by atoms with Gasteiger partial charge >= 0.3 is 0 Å². The highest BCUT2D eigenvalue weighted by atomic mass is 16.5. The molecule has 4 heteroatoms. The Labute approximate surface area is 98.0 Å². The van der Waals surface area contributed by atoms with Crippen molar-refractivity contribution in [1.82, 2.24) is 15.1 Å². The molecule has 0 spiro atoms. The molecule has 0 bridgehead atoms. The smallest absolute Gasteiger partial charge is 0.0624 e. The molecule has 1 unspecified atom stereocenters. The minimum Gasteiger partial charge on any atom is -0.383 e. The van der Waals surface area contributed by atoms with Crippen molar-refractivity contribution in [2.75, 3.05) is 20.8 Å². The first-order valence-electron chi connectivity index (χ1n) is 5.96. The van der Waals surface area contributed by atoms with E-state index in [1.807, 2.05) is 7.05 Å². The molecule has 0 aliphatic rings. The summed E-state index contributed by atoms with van der Waals surface area (Å²) in [5, 5.41) is 7.81. The van der Waals surface area contributed by atoms with E-state index in [0.717, 1.165) is 26.0 Å². The van der Waals surface area contributed by atoms with E-state index in [9.17, 15) is 0 Å². The third-order valence-corrected chi connectivity index (χ3v) is 2.81. The lowest BCUT2D eigenvalue weighted by Crippen LogP contribution is -2.32. The van der Waals surface area contributed by atoms with Gasteiger partial charge in [0.2, 0.25) is 0 Å². The van der Waals surface area contributed by atoms with E-state index in [-0.39, 0.29) is 0 Å². The summed E-state index contributed by atoms with van der Waals surface area (Å²) in [4.78, 5) is 0. The average molecular weight is 225 g/mol. The Bertz CT molecular complexity index is 309. The van der Waals surface area contributed by atoms with Gasteiger partial charge in [0.05, 0.1) is 12.3 Å². The molecule has 1 rings (SSSR count). The van der Waals surface area contributed by atoms with Crippen molar-refractivity contribution >= 4 is 0 Å². The minimum absolute atomic E-state index is 0.358. The van der Waals surface area contributed by atoms with Crippen LogP contribution in [0.4, 0.5) is 0 Å². The number of nitrogens with one attached hydrogen (secondary N) is 1. The molecular weight excluding hydrogens is 202 g/mol. The second kappa shape index (κ2) is 6.66. The van der Waals surface area contributed by atoms with Crippen LogP contribution < -0.4 is 5.32 Å². The Balaban J connectivity index is 2.73. The van der Waals surface area contributed by atoms with E-state index in [1.165, 1.54) is 11.4 Å². The molecule has 0 aliphatic heterocycles. The van der Waals surface area contributed by atoms with Gasteiger partial charge < -0.3 is 10.1 Å². The van der Waals surface area contributed by atoms with Gasteiger partial charge in [-0.15, -0.1) is 0 Å². The van der Waals surface area contributed by atoms with E-state index < -0.39 is 0 Å². The highest BCUT2D eigenvalue weighted by Gasteiger charge is 2.11. The predicted octanol–water partition coefficient (Wildman–Crippen LogP) is 1.24. The molecular formula is C12H23N3O. The number of nitrogens with zero attached hydrogens (tertiary/aromatic N) is 2. The lowest BCUT2D eigenvalue weighted by molar-refractivity contribution is 0.168. The molecule has 1 aromatic heterocycles. The standard InChI is InChI=1S/C12H23N3O/c1-5-10-7-12(15(6-2)14-10)8-11(13-3)9-16-4/h7,11,13H,5-6,8-9H2,1-4H3. The zero-order valence-corrected chi connectivity index (χ0v) is 10.8. The van der Waals surface area contributed by atoms with Gasteiger partial charge in [0, 0.05) is 31.8 Å². The zero-order valence-electron chi connectivity index (χ0n) is 10.8. The second-order valence-corrected chi connectivity index (χ2v) is 3.94. The fourth-order valence-corrected chi connectivity index (χ4v) is 1.82. The number of likely N-dealkylation sites (N-methyl/N-ethyl adjacent to an activating group) is 1. The number of hydrogen-bond acceptors (Lipinski definition) is 3. The number of aromatic nitrogens is 2. The zero-order chi connectivity index (χ0) is 12.0. The summed E-state index contributed by atoms with van der Waals surface area (Å²) >= 11 is 0. The molecule has 1 aromatic rings. The van der Waals surface area contributed by atoms with Crippen LogP contribution in [-0.2, 0) is 24.1 Å². The molecule has 0 aromatic carbocycles. The third-order valence-electron chi connectivity index (χ3n) is 2.81. The van der Waals surface area contributed by atoms with E-state index in [2.05, 4.69) is 35.0 Å². The minimum atomic E-state index is 0.358. The highest BCUT2D eigenvalue weighted by Crippen LogP contribution is 2.08. The lowest BCUT2D eigenvalue weighted by Gasteiger charge is -2.15. The highest BCUT2D eigenvalue weighted by molar-refractivity contribution is 5.12. The fraction of sp³-hybridized carbons (Fsp3) is 0.750. The molecule has 4 nitrogen and oxygen atoms in total. The molecule has 0 saturated heterocycles. The van der Waals surface area contributed by atoms with Crippen LogP contribution >= 0.6 is 0 Å². The number of methoxy groups -OCH3 is 1. The van der Waals surface area contributed by atoms with Crippen LogP contribution in [0.25, 0.3) is 0 Å². The van der Waals surface area contributed by atoms with Gasteiger partial charge in [-0.25, -0.2) is 0 Å². The van der Waals surface area contributed by atoms with E-state index >= 15 is 0 Å². The maximum absolute atomic E-state index is 5.18. The predicted molar refractivity (Wildman–Crippen MR) is 65.7 cm³/mol. The number of ether oxygens (including phenoxy) is 1. The van der Waals surface area contributed by atoms with Crippen LogP contribution in [-0.4, -0.2) is 36.6 Å². The summed E-state index contributed by atoms with van der Waals surface area (Å²) < 4.78 is 7.26. The largest absolute Gasteiger partial charge is 0.383 e. The Kier molecular flexibility index (Phi) is 5.49. The van der Waals surface area contributed by atoms with E-state index in [0.29, 0.717) is 6.04 Å². The van der Waals surface area contributed by atoms with Crippen LogP contribution in [0.15, 0.2) is 6.07 Å². The summed E-state index contributed by atoms with van der Waals surface area (Å²) in [6.45, 7) is 5.92. The monoisotopic (exact) mass is 225 g/mol.